The summed E-state index contributed by atoms with van der Waals surface area (Å²) in [7, 11) is 0. The fourth-order valence-electron chi connectivity index (χ4n) is 1.10. The zero-order valence-electron chi connectivity index (χ0n) is 6.87. The quantitative estimate of drug-likeness (QED) is 0.676. The van der Waals surface area contributed by atoms with E-state index in [1.807, 2.05) is 19.9 Å². The third-order valence-electron chi connectivity index (χ3n) is 1.57. The molecule has 2 rings (SSSR count). The molecule has 0 bridgehead atoms. The Labute approximate surface area is 74.0 Å². The molecule has 4 heteroatoms. The first-order valence-electron chi connectivity index (χ1n) is 3.62. The van der Waals surface area contributed by atoms with Gasteiger partial charge in [0.05, 0.1) is 15.6 Å². The molecule has 0 aliphatic carbocycles. The van der Waals surface area contributed by atoms with Crippen molar-refractivity contribution in [2.24, 2.45) is 0 Å². The first kappa shape index (κ1) is 7.49. The van der Waals surface area contributed by atoms with E-state index in [-0.39, 0.29) is 0 Å². The molecule has 0 N–H and O–H groups in total. The molecule has 0 aliphatic heterocycles. The van der Waals surface area contributed by atoms with Crippen LogP contribution in [-0.2, 0) is 0 Å². The molecule has 2 aromatic heterocycles. The number of hydrogen-bond acceptors (Lipinski definition) is 4. The number of aromatic nitrogens is 2. The van der Waals surface area contributed by atoms with E-state index in [0.717, 1.165) is 21.3 Å². The van der Waals surface area contributed by atoms with Crippen LogP contribution in [0.4, 0.5) is 0 Å². The van der Waals surface area contributed by atoms with Crippen LogP contribution in [0.5, 0.6) is 0 Å². The second-order valence-corrected chi connectivity index (χ2v) is 3.74. The summed E-state index contributed by atoms with van der Waals surface area (Å²) in [5, 5.41) is 4.92. The van der Waals surface area contributed by atoms with Gasteiger partial charge in [-0.2, -0.15) is 0 Å². The van der Waals surface area contributed by atoms with Crippen molar-refractivity contribution >= 4 is 11.3 Å². The predicted molar refractivity (Wildman–Crippen MR) is 47.1 cm³/mol. The molecule has 3 nitrogen and oxygen atoms in total. The third-order valence-corrected chi connectivity index (χ3v) is 2.67. The number of hydrogen-bond donors (Lipinski definition) is 0. The molecular weight excluding hydrogens is 172 g/mol. The summed E-state index contributed by atoms with van der Waals surface area (Å²) < 4.78 is 4.76. The van der Waals surface area contributed by atoms with Gasteiger partial charge in [0, 0.05) is 6.07 Å². The van der Waals surface area contributed by atoms with E-state index in [2.05, 4.69) is 10.1 Å². The summed E-state index contributed by atoms with van der Waals surface area (Å²) in [6, 6.07) is 1.85. The second kappa shape index (κ2) is 2.71. The van der Waals surface area contributed by atoms with Gasteiger partial charge in [-0.05, 0) is 13.8 Å². The van der Waals surface area contributed by atoms with E-state index in [0.29, 0.717) is 0 Å². The molecule has 62 valence electrons. The molecule has 2 aromatic rings. The van der Waals surface area contributed by atoms with Crippen LogP contribution in [0.2, 0.25) is 0 Å². The number of aryl methyl sites for hydroxylation is 2. The van der Waals surface area contributed by atoms with Gasteiger partial charge in [-0.3, -0.25) is 0 Å². The topological polar surface area (TPSA) is 38.9 Å². The lowest BCUT2D eigenvalue weighted by molar-refractivity contribution is 0.422. The molecule has 12 heavy (non-hydrogen) atoms. The van der Waals surface area contributed by atoms with Crippen LogP contribution >= 0.6 is 11.3 Å². The maximum atomic E-state index is 4.76. The largest absolute Gasteiger partial charge is 0.364 e. The van der Waals surface area contributed by atoms with Gasteiger partial charge in [-0.15, -0.1) is 11.3 Å². The molecule has 0 aliphatic rings. The third kappa shape index (κ3) is 1.14. The van der Waals surface area contributed by atoms with Gasteiger partial charge < -0.3 is 4.52 Å². The zero-order chi connectivity index (χ0) is 8.55. The predicted octanol–water partition coefficient (Wildman–Crippen LogP) is 2.41. The molecule has 0 spiro atoms. The highest BCUT2D eigenvalue weighted by Gasteiger charge is 2.09. The Morgan fingerprint density at radius 2 is 2.25 bits per heavy atom. The van der Waals surface area contributed by atoms with Crippen molar-refractivity contribution in [3.05, 3.63) is 23.0 Å². The first-order valence-corrected chi connectivity index (χ1v) is 4.44. The molecular formula is C8H8N2OS. The lowest BCUT2D eigenvalue weighted by Crippen LogP contribution is -1.76. The maximum Gasteiger partial charge on any atom is 0.125 e. The Balaban J connectivity index is 2.54. The van der Waals surface area contributed by atoms with E-state index >= 15 is 0 Å². The van der Waals surface area contributed by atoms with Gasteiger partial charge in [0.1, 0.15) is 12.0 Å². The van der Waals surface area contributed by atoms with Gasteiger partial charge in [0.25, 0.3) is 0 Å². The molecule has 0 saturated heterocycles. The van der Waals surface area contributed by atoms with Crippen molar-refractivity contribution in [2.45, 2.75) is 13.8 Å². The standard InChI is InChI=1S/C8H8N2OS/c1-5-8(12-6(2)9-5)7-3-4-11-10-7/h3-4H,1-2H3. The Hall–Kier alpha value is -1.16. The molecule has 0 amide bonds. The Bertz CT molecular complexity index is 378. The molecule has 0 radical (unpaired) electrons. The molecule has 0 atom stereocenters. The fourth-order valence-corrected chi connectivity index (χ4v) is 1.98. The van der Waals surface area contributed by atoms with Gasteiger partial charge in [0.2, 0.25) is 0 Å². The average Bonchev–Trinajstić information content (AvgIpc) is 2.58. The summed E-state index contributed by atoms with van der Waals surface area (Å²) in [4.78, 5) is 5.40. The summed E-state index contributed by atoms with van der Waals surface area (Å²) >= 11 is 1.64. The average molecular weight is 180 g/mol. The second-order valence-electron chi connectivity index (χ2n) is 2.53. The highest BCUT2D eigenvalue weighted by Crippen LogP contribution is 2.27. The van der Waals surface area contributed by atoms with Gasteiger partial charge in [-0.25, -0.2) is 4.98 Å². The van der Waals surface area contributed by atoms with Gasteiger partial charge in [0.15, 0.2) is 0 Å². The summed E-state index contributed by atoms with van der Waals surface area (Å²) in [5.74, 6) is 0. The van der Waals surface area contributed by atoms with E-state index < -0.39 is 0 Å². The van der Waals surface area contributed by atoms with Crippen LogP contribution < -0.4 is 0 Å². The molecule has 0 unspecified atom stereocenters. The molecule has 0 fully saturated rings. The SMILES string of the molecule is Cc1nc(C)c(-c2ccon2)s1. The van der Waals surface area contributed by atoms with Crippen molar-refractivity contribution in [1.82, 2.24) is 10.1 Å². The monoisotopic (exact) mass is 180 g/mol. The van der Waals surface area contributed by atoms with Crippen molar-refractivity contribution in [2.75, 3.05) is 0 Å². The van der Waals surface area contributed by atoms with Gasteiger partial charge in [-0.1, -0.05) is 5.16 Å². The van der Waals surface area contributed by atoms with Crippen molar-refractivity contribution in [1.29, 1.82) is 0 Å². The van der Waals surface area contributed by atoms with E-state index in [1.54, 1.807) is 17.6 Å². The minimum absolute atomic E-state index is 0.873. The van der Waals surface area contributed by atoms with Crippen molar-refractivity contribution in [3.8, 4) is 10.6 Å². The van der Waals surface area contributed by atoms with E-state index in [1.165, 1.54) is 0 Å². The lowest BCUT2D eigenvalue weighted by atomic mass is 10.3. The van der Waals surface area contributed by atoms with Gasteiger partial charge >= 0.3 is 0 Å². The summed E-state index contributed by atoms with van der Waals surface area (Å²) in [6.07, 6.45) is 1.57. The highest BCUT2D eigenvalue weighted by molar-refractivity contribution is 7.15. The number of nitrogens with zero attached hydrogens (tertiary/aromatic N) is 2. The first-order chi connectivity index (χ1) is 5.77. The van der Waals surface area contributed by atoms with Crippen LogP contribution in [-0.4, -0.2) is 10.1 Å². The minimum atomic E-state index is 0.873. The molecule has 0 aromatic carbocycles. The van der Waals surface area contributed by atoms with E-state index in [4.69, 9.17) is 4.52 Å². The summed E-state index contributed by atoms with van der Waals surface area (Å²) in [6.45, 7) is 3.97. The van der Waals surface area contributed by atoms with Crippen LogP contribution in [0.25, 0.3) is 10.6 Å². The Morgan fingerprint density at radius 1 is 1.42 bits per heavy atom. The minimum Gasteiger partial charge on any atom is -0.364 e. The Kier molecular flexibility index (Phi) is 1.69. The van der Waals surface area contributed by atoms with Crippen molar-refractivity contribution in [3.63, 3.8) is 0 Å². The Morgan fingerprint density at radius 3 is 2.75 bits per heavy atom. The van der Waals surface area contributed by atoms with Crippen LogP contribution in [0, 0.1) is 13.8 Å². The molecule has 2 heterocycles. The van der Waals surface area contributed by atoms with Crippen molar-refractivity contribution < 1.29 is 4.52 Å². The van der Waals surface area contributed by atoms with Crippen LogP contribution in [0.15, 0.2) is 16.9 Å². The van der Waals surface area contributed by atoms with Crippen LogP contribution in [0.3, 0.4) is 0 Å². The molecule has 0 saturated carbocycles. The maximum absolute atomic E-state index is 4.76. The highest BCUT2D eigenvalue weighted by atomic mass is 32.1. The lowest BCUT2D eigenvalue weighted by Gasteiger charge is -1.87. The zero-order valence-corrected chi connectivity index (χ0v) is 7.68. The normalized spacial score (nSPS) is 10.5. The summed E-state index contributed by atoms with van der Waals surface area (Å²) in [5.41, 5.74) is 1.89. The smallest absolute Gasteiger partial charge is 0.125 e. The number of rotatable bonds is 1. The van der Waals surface area contributed by atoms with E-state index in [9.17, 15) is 0 Å². The van der Waals surface area contributed by atoms with Crippen LogP contribution in [0.1, 0.15) is 10.7 Å². The number of thiazole rings is 1. The fraction of sp³-hybridized carbons (Fsp3) is 0.250.